The van der Waals surface area contributed by atoms with Gasteiger partial charge in [0.25, 0.3) is 0 Å². The number of ether oxygens (including phenoxy) is 2. The summed E-state index contributed by atoms with van der Waals surface area (Å²) in [6, 6.07) is 8.15. The van der Waals surface area contributed by atoms with Crippen molar-refractivity contribution >= 4 is 0 Å². The first kappa shape index (κ1) is 14.0. The molecule has 1 N–H and O–H groups in total. The third kappa shape index (κ3) is 5.20. The van der Waals surface area contributed by atoms with Crippen LogP contribution in [-0.4, -0.2) is 26.9 Å². The van der Waals surface area contributed by atoms with Crippen LogP contribution >= 0.6 is 0 Å². The number of hydrogen-bond donors (Lipinski definition) is 1. The van der Waals surface area contributed by atoms with Gasteiger partial charge in [0.05, 0.1) is 6.61 Å². The van der Waals surface area contributed by atoms with Crippen LogP contribution in [0.25, 0.3) is 0 Å². The number of methoxy groups -OCH3 is 1. The topological polar surface area (TPSA) is 30.5 Å². The number of nitrogens with one attached hydrogen (secondary N) is 1. The second-order valence-electron chi connectivity index (χ2n) is 4.23. The van der Waals surface area contributed by atoms with Gasteiger partial charge in [0.2, 0.25) is 0 Å². The Morgan fingerprint density at radius 3 is 2.76 bits per heavy atom. The first-order chi connectivity index (χ1) is 8.27. The van der Waals surface area contributed by atoms with Crippen LogP contribution in [0.3, 0.4) is 0 Å². The molecule has 0 saturated heterocycles. The molecule has 1 aromatic rings. The van der Waals surface area contributed by atoms with Crippen LogP contribution in [0.1, 0.15) is 19.4 Å². The monoisotopic (exact) mass is 237 g/mol. The van der Waals surface area contributed by atoms with Crippen LogP contribution in [0.2, 0.25) is 0 Å². The highest BCUT2D eigenvalue weighted by molar-refractivity contribution is 5.33. The zero-order chi connectivity index (χ0) is 12.5. The second-order valence-corrected chi connectivity index (χ2v) is 4.23. The van der Waals surface area contributed by atoms with E-state index in [1.807, 2.05) is 25.1 Å². The van der Waals surface area contributed by atoms with Crippen LogP contribution in [0.15, 0.2) is 24.3 Å². The molecular weight excluding hydrogens is 214 g/mol. The van der Waals surface area contributed by atoms with E-state index in [1.54, 1.807) is 7.11 Å². The SMILES string of the molecule is CCOc1ccccc1CNCC(C)COC. The Bertz CT molecular complexity index is 315. The van der Waals surface area contributed by atoms with E-state index in [0.717, 1.165) is 25.4 Å². The van der Waals surface area contributed by atoms with Crippen molar-refractivity contribution in [2.24, 2.45) is 5.92 Å². The molecule has 0 saturated carbocycles. The van der Waals surface area contributed by atoms with E-state index in [2.05, 4.69) is 18.3 Å². The molecule has 1 aromatic carbocycles. The molecule has 0 aromatic heterocycles. The Morgan fingerprint density at radius 2 is 2.06 bits per heavy atom. The smallest absolute Gasteiger partial charge is 0.123 e. The predicted octanol–water partition coefficient (Wildman–Crippen LogP) is 2.46. The highest BCUT2D eigenvalue weighted by Gasteiger charge is 2.04. The molecule has 0 heterocycles. The average Bonchev–Trinajstić information content (AvgIpc) is 2.32. The summed E-state index contributed by atoms with van der Waals surface area (Å²) in [4.78, 5) is 0. The van der Waals surface area contributed by atoms with Crippen LogP contribution in [-0.2, 0) is 11.3 Å². The minimum Gasteiger partial charge on any atom is -0.494 e. The fraction of sp³-hybridized carbons (Fsp3) is 0.571. The van der Waals surface area contributed by atoms with E-state index >= 15 is 0 Å². The van der Waals surface area contributed by atoms with Gasteiger partial charge in [-0.25, -0.2) is 0 Å². The summed E-state index contributed by atoms with van der Waals surface area (Å²) in [6.07, 6.45) is 0. The maximum Gasteiger partial charge on any atom is 0.123 e. The summed E-state index contributed by atoms with van der Waals surface area (Å²) < 4.78 is 10.7. The summed E-state index contributed by atoms with van der Waals surface area (Å²) >= 11 is 0. The minimum atomic E-state index is 0.527. The molecule has 0 fully saturated rings. The molecule has 0 aliphatic carbocycles. The summed E-state index contributed by atoms with van der Waals surface area (Å²) in [6.45, 7) is 7.46. The standard InChI is InChI=1S/C14H23NO2/c1-4-17-14-8-6-5-7-13(14)10-15-9-12(2)11-16-3/h5-8,12,15H,4,9-11H2,1-3H3. The third-order valence-electron chi connectivity index (χ3n) is 2.53. The number of para-hydroxylation sites is 1. The zero-order valence-electron chi connectivity index (χ0n) is 11.0. The fourth-order valence-corrected chi connectivity index (χ4v) is 1.74. The maximum absolute atomic E-state index is 5.58. The van der Waals surface area contributed by atoms with E-state index in [4.69, 9.17) is 9.47 Å². The van der Waals surface area contributed by atoms with E-state index < -0.39 is 0 Å². The van der Waals surface area contributed by atoms with E-state index in [-0.39, 0.29) is 0 Å². The molecule has 0 aliphatic rings. The van der Waals surface area contributed by atoms with Gasteiger partial charge in [-0.2, -0.15) is 0 Å². The van der Waals surface area contributed by atoms with Crippen LogP contribution < -0.4 is 10.1 Å². The molecular formula is C14H23NO2. The lowest BCUT2D eigenvalue weighted by molar-refractivity contribution is 0.158. The van der Waals surface area contributed by atoms with Gasteiger partial charge in [0.1, 0.15) is 5.75 Å². The van der Waals surface area contributed by atoms with Gasteiger partial charge in [-0.1, -0.05) is 25.1 Å². The van der Waals surface area contributed by atoms with Crippen molar-refractivity contribution in [3.8, 4) is 5.75 Å². The molecule has 0 bridgehead atoms. The molecule has 0 radical (unpaired) electrons. The van der Waals surface area contributed by atoms with Gasteiger partial charge in [0, 0.05) is 32.4 Å². The lowest BCUT2D eigenvalue weighted by Crippen LogP contribution is -2.23. The lowest BCUT2D eigenvalue weighted by atomic mass is 10.1. The van der Waals surface area contributed by atoms with Gasteiger partial charge in [0.15, 0.2) is 0 Å². The van der Waals surface area contributed by atoms with Crippen molar-refractivity contribution in [1.82, 2.24) is 5.32 Å². The Balaban J connectivity index is 2.40. The van der Waals surface area contributed by atoms with Crippen molar-refractivity contribution in [2.75, 3.05) is 26.9 Å². The van der Waals surface area contributed by atoms with Crippen molar-refractivity contribution in [2.45, 2.75) is 20.4 Å². The Labute approximate surface area is 104 Å². The minimum absolute atomic E-state index is 0.527. The first-order valence-electron chi connectivity index (χ1n) is 6.18. The molecule has 1 rings (SSSR count). The quantitative estimate of drug-likeness (QED) is 0.753. The first-order valence-corrected chi connectivity index (χ1v) is 6.18. The largest absolute Gasteiger partial charge is 0.494 e. The van der Waals surface area contributed by atoms with Crippen molar-refractivity contribution < 1.29 is 9.47 Å². The van der Waals surface area contributed by atoms with Gasteiger partial charge in [-0.3, -0.25) is 0 Å². The number of hydrogen-bond acceptors (Lipinski definition) is 3. The Kier molecular flexibility index (Phi) is 6.67. The summed E-state index contributed by atoms with van der Waals surface area (Å²) in [5, 5.41) is 3.43. The molecule has 3 heteroatoms. The third-order valence-corrected chi connectivity index (χ3v) is 2.53. The summed E-state index contributed by atoms with van der Waals surface area (Å²) in [5.41, 5.74) is 1.21. The second kappa shape index (κ2) is 8.09. The highest BCUT2D eigenvalue weighted by Crippen LogP contribution is 2.17. The van der Waals surface area contributed by atoms with Gasteiger partial charge in [-0.15, -0.1) is 0 Å². The van der Waals surface area contributed by atoms with Crippen molar-refractivity contribution in [3.05, 3.63) is 29.8 Å². The van der Waals surface area contributed by atoms with Gasteiger partial charge in [-0.05, 0) is 18.9 Å². The van der Waals surface area contributed by atoms with Crippen LogP contribution in [0.5, 0.6) is 5.75 Å². The Hall–Kier alpha value is -1.06. The fourth-order valence-electron chi connectivity index (χ4n) is 1.74. The van der Waals surface area contributed by atoms with Crippen LogP contribution in [0.4, 0.5) is 0 Å². The van der Waals surface area contributed by atoms with Crippen molar-refractivity contribution in [3.63, 3.8) is 0 Å². The van der Waals surface area contributed by atoms with Gasteiger partial charge < -0.3 is 14.8 Å². The molecule has 96 valence electrons. The molecule has 0 amide bonds. The summed E-state index contributed by atoms with van der Waals surface area (Å²) in [7, 11) is 1.74. The summed E-state index contributed by atoms with van der Waals surface area (Å²) in [5.74, 6) is 1.50. The number of rotatable bonds is 8. The van der Waals surface area contributed by atoms with Gasteiger partial charge >= 0.3 is 0 Å². The van der Waals surface area contributed by atoms with Crippen LogP contribution in [0, 0.1) is 5.92 Å². The lowest BCUT2D eigenvalue weighted by Gasteiger charge is -2.13. The average molecular weight is 237 g/mol. The number of benzene rings is 1. The zero-order valence-corrected chi connectivity index (χ0v) is 11.0. The molecule has 17 heavy (non-hydrogen) atoms. The molecule has 0 aliphatic heterocycles. The van der Waals surface area contributed by atoms with E-state index in [1.165, 1.54) is 5.56 Å². The Morgan fingerprint density at radius 1 is 1.29 bits per heavy atom. The maximum atomic E-state index is 5.58. The van der Waals surface area contributed by atoms with Crippen molar-refractivity contribution in [1.29, 1.82) is 0 Å². The normalized spacial score (nSPS) is 12.4. The molecule has 0 spiro atoms. The van der Waals surface area contributed by atoms with E-state index in [9.17, 15) is 0 Å². The molecule has 1 atom stereocenters. The highest BCUT2D eigenvalue weighted by atomic mass is 16.5. The molecule has 1 unspecified atom stereocenters. The predicted molar refractivity (Wildman–Crippen MR) is 70.4 cm³/mol. The van der Waals surface area contributed by atoms with E-state index in [0.29, 0.717) is 12.5 Å². The molecule has 3 nitrogen and oxygen atoms in total.